The molecule has 0 aliphatic carbocycles. The third-order valence-corrected chi connectivity index (χ3v) is 3.10. The fraction of sp³-hybridized carbons (Fsp3) is 0.400. The van der Waals surface area contributed by atoms with Crippen LogP contribution in [0.15, 0.2) is 35.5 Å². The Labute approximate surface area is 118 Å². The van der Waals surface area contributed by atoms with Crippen molar-refractivity contribution < 1.29 is 0 Å². The van der Waals surface area contributed by atoms with Gasteiger partial charge in [-0.1, -0.05) is 6.07 Å². The second kappa shape index (κ2) is 5.45. The van der Waals surface area contributed by atoms with Crippen LogP contribution < -0.4 is 10.9 Å². The Kier molecular flexibility index (Phi) is 3.88. The van der Waals surface area contributed by atoms with Gasteiger partial charge in [-0.2, -0.15) is 0 Å². The fourth-order valence-electron chi connectivity index (χ4n) is 1.93. The van der Waals surface area contributed by atoms with E-state index in [2.05, 4.69) is 15.3 Å². The number of nitrogens with one attached hydrogen (secondary N) is 1. The Morgan fingerprint density at radius 2 is 2.00 bits per heavy atom. The molecular formula is C15H20N4O. The van der Waals surface area contributed by atoms with Crippen LogP contribution in [0.4, 0.5) is 5.82 Å². The summed E-state index contributed by atoms with van der Waals surface area (Å²) in [6, 6.07) is 3.89. The predicted molar refractivity (Wildman–Crippen MR) is 79.8 cm³/mol. The van der Waals surface area contributed by atoms with E-state index in [1.54, 1.807) is 23.2 Å². The monoisotopic (exact) mass is 272 g/mol. The topological polar surface area (TPSA) is 59.8 Å². The van der Waals surface area contributed by atoms with Gasteiger partial charge in [0.1, 0.15) is 0 Å². The minimum absolute atomic E-state index is 0.117. The smallest absolute Gasteiger partial charge is 0.293 e. The number of nitrogens with zero attached hydrogens (tertiary/aromatic N) is 3. The molecular weight excluding hydrogens is 252 g/mol. The minimum Gasteiger partial charge on any atom is -0.360 e. The number of aromatic nitrogens is 3. The van der Waals surface area contributed by atoms with Crippen LogP contribution in [0.5, 0.6) is 0 Å². The number of anilines is 1. The van der Waals surface area contributed by atoms with Crippen molar-refractivity contribution in [2.45, 2.75) is 39.8 Å². The number of hydrogen-bond donors (Lipinski definition) is 1. The molecule has 2 rings (SSSR count). The highest BCUT2D eigenvalue weighted by Crippen LogP contribution is 2.11. The van der Waals surface area contributed by atoms with Gasteiger partial charge in [0.05, 0.1) is 12.2 Å². The van der Waals surface area contributed by atoms with Crippen LogP contribution in [0.3, 0.4) is 0 Å². The van der Waals surface area contributed by atoms with E-state index in [1.807, 2.05) is 39.8 Å². The summed E-state index contributed by atoms with van der Waals surface area (Å²) in [5, 5.41) is 3.08. The maximum Gasteiger partial charge on any atom is 0.293 e. The summed E-state index contributed by atoms with van der Waals surface area (Å²) in [6.07, 6.45) is 5.09. The fourth-order valence-corrected chi connectivity index (χ4v) is 1.93. The first-order chi connectivity index (χ1) is 9.39. The van der Waals surface area contributed by atoms with Gasteiger partial charge >= 0.3 is 0 Å². The van der Waals surface area contributed by atoms with Crippen LogP contribution in [0.1, 0.15) is 32.0 Å². The van der Waals surface area contributed by atoms with Gasteiger partial charge in [-0.15, -0.1) is 0 Å². The van der Waals surface area contributed by atoms with E-state index in [4.69, 9.17) is 0 Å². The van der Waals surface area contributed by atoms with E-state index >= 15 is 0 Å². The number of hydrogen-bond acceptors (Lipinski definition) is 4. The van der Waals surface area contributed by atoms with Crippen molar-refractivity contribution >= 4 is 5.82 Å². The largest absolute Gasteiger partial charge is 0.360 e. The van der Waals surface area contributed by atoms with E-state index in [0.717, 1.165) is 11.3 Å². The molecule has 0 amide bonds. The SMILES string of the molecule is Cc1cccnc1CNc1nccn(C(C)(C)C)c1=O. The molecule has 1 N–H and O–H groups in total. The van der Waals surface area contributed by atoms with Gasteiger partial charge < -0.3 is 9.88 Å². The molecule has 0 radical (unpaired) electrons. The molecule has 0 saturated heterocycles. The lowest BCUT2D eigenvalue weighted by Gasteiger charge is -2.22. The quantitative estimate of drug-likeness (QED) is 0.931. The summed E-state index contributed by atoms with van der Waals surface area (Å²) in [5.74, 6) is 0.354. The minimum atomic E-state index is -0.267. The standard InChI is InChI=1S/C15H20N4O/c1-11-6-5-7-16-12(11)10-18-13-14(20)19(9-8-17-13)15(2,3)4/h5-9H,10H2,1-4H3,(H,17,18). The van der Waals surface area contributed by atoms with Crippen molar-refractivity contribution in [3.8, 4) is 0 Å². The number of rotatable bonds is 3. The molecule has 0 spiro atoms. The summed E-state index contributed by atoms with van der Waals surface area (Å²) >= 11 is 0. The van der Waals surface area contributed by atoms with E-state index in [1.165, 1.54) is 0 Å². The molecule has 20 heavy (non-hydrogen) atoms. The molecule has 0 aromatic carbocycles. The Hall–Kier alpha value is -2.17. The molecule has 0 aliphatic rings. The van der Waals surface area contributed by atoms with Crippen molar-refractivity contribution in [2.24, 2.45) is 0 Å². The highest BCUT2D eigenvalue weighted by atomic mass is 16.1. The van der Waals surface area contributed by atoms with Crippen LogP contribution in [0.2, 0.25) is 0 Å². The molecule has 5 nitrogen and oxygen atoms in total. The number of pyridine rings is 1. The highest BCUT2D eigenvalue weighted by Gasteiger charge is 2.16. The molecule has 0 fully saturated rings. The molecule has 0 saturated carbocycles. The molecule has 0 bridgehead atoms. The van der Waals surface area contributed by atoms with Crippen LogP contribution >= 0.6 is 0 Å². The van der Waals surface area contributed by atoms with Crippen LogP contribution in [-0.2, 0) is 12.1 Å². The average molecular weight is 272 g/mol. The average Bonchev–Trinajstić information content (AvgIpc) is 2.38. The van der Waals surface area contributed by atoms with E-state index < -0.39 is 0 Å². The third kappa shape index (κ3) is 3.04. The highest BCUT2D eigenvalue weighted by molar-refractivity contribution is 5.33. The van der Waals surface area contributed by atoms with Crippen molar-refractivity contribution in [2.75, 3.05) is 5.32 Å². The Morgan fingerprint density at radius 3 is 2.65 bits per heavy atom. The normalized spacial score (nSPS) is 11.4. The van der Waals surface area contributed by atoms with Gasteiger partial charge in [-0.05, 0) is 39.3 Å². The van der Waals surface area contributed by atoms with Gasteiger partial charge in [-0.25, -0.2) is 4.98 Å². The molecule has 106 valence electrons. The molecule has 2 heterocycles. The van der Waals surface area contributed by atoms with Crippen molar-refractivity contribution in [3.05, 3.63) is 52.3 Å². The zero-order valence-electron chi connectivity index (χ0n) is 12.3. The molecule has 2 aromatic heterocycles. The molecule has 0 aliphatic heterocycles. The van der Waals surface area contributed by atoms with Gasteiger partial charge in [0.15, 0.2) is 5.82 Å². The lowest BCUT2D eigenvalue weighted by molar-refractivity contribution is 0.383. The first-order valence-corrected chi connectivity index (χ1v) is 6.62. The molecule has 2 aromatic rings. The number of aryl methyl sites for hydroxylation is 1. The van der Waals surface area contributed by atoms with E-state index in [-0.39, 0.29) is 11.1 Å². The summed E-state index contributed by atoms with van der Waals surface area (Å²) in [5.41, 5.74) is 1.62. The first kappa shape index (κ1) is 14.2. The van der Waals surface area contributed by atoms with Crippen LogP contribution in [0, 0.1) is 6.92 Å². The Balaban J connectivity index is 2.23. The van der Waals surface area contributed by atoms with Crippen molar-refractivity contribution in [1.82, 2.24) is 14.5 Å². The second-order valence-electron chi connectivity index (χ2n) is 5.74. The zero-order chi connectivity index (χ0) is 14.8. The third-order valence-electron chi connectivity index (χ3n) is 3.10. The summed E-state index contributed by atoms with van der Waals surface area (Å²) in [4.78, 5) is 20.8. The maximum absolute atomic E-state index is 12.3. The van der Waals surface area contributed by atoms with Crippen LogP contribution in [0.25, 0.3) is 0 Å². The van der Waals surface area contributed by atoms with Gasteiger partial charge in [0.2, 0.25) is 0 Å². The van der Waals surface area contributed by atoms with E-state index in [9.17, 15) is 4.79 Å². The van der Waals surface area contributed by atoms with E-state index in [0.29, 0.717) is 12.4 Å². The lowest BCUT2D eigenvalue weighted by Crippen LogP contribution is -2.35. The Bertz CT molecular complexity index is 655. The summed E-state index contributed by atoms with van der Waals surface area (Å²) in [7, 11) is 0. The summed E-state index contributed by atoms with van der Waals surface area (Å²) in [6.45, 7) is 8.45. The molecule has 0 atom stereocenters. The first-order valence-electron chi connectivity index (χ1n) is 6.62. The Morgan fingerprint density at radius 1 is 1.25 bits per heavy atom. The van der Waals surface area contributed by atoms with Crippen molar-refractivity contribution in [3.63, 3.8) is 0 Å². The maximum atomic E-state index is 12.3. The second-order valence-corrected chi connectivity index (χ2v) is 5.74. The van der Waals surface area contributed by atoms with Gasteiger partial charge in [0, 0.05) is 24.1 Å². The van der Waals surface area contributed by atoms with Gasteiger partial charge in [0.25, 0.3) is 5.56 Å². The molecule has 0 unspecified atom stereocenters. The summed E-state index contributed by atoms with van der Waals surface area (Å²) < 4.78 is 1.67. The predicted octanol–water partition coefficient (Wildman–Crippen LogP) is 2.31. The van der Waals surface area contributed by atoms with Crippen molar-refractivity contribution in [1.29, 1.82) is 0 Å². The van der Waals surface area contributed by atoms with Gasteiger partial charge in [-0.3, -0.25) is 9.78 Å². The lowest BCUT2D eigenvalue weighted by atomic mass is 10.1. The molecule has 5 heteroatoms. The van der Waals surface area contributed by atoms with Crippen LogP contribution in [-0.4, -0.2) is 14.5 Å². The zero-order valence-corrected chi connectivity index (χ0v) is 12.3.